The predicted octanol–water partition coefficient (Wildman–Crippen LogP) is 10.2. The van der Waals surface area contributed by atoms with Gasteiger partial charge in [0, 0.05) is 6.42 Å². The fourth-order valence-corrected chi connectivity index (χ4v) is 9.91. The molecule has 1 amide bonds. The molecular formula is C60H111NO13. The molecule has 2 saturated heterocycles. The van der Waals surface area contributed by atoms with E-state index in [1.807, 2.05) is 6.08 Å². The van der Waals surface area contributed by atoms with Crippen LogP contribution in [0.5, 0.6) is 0 Å². The summed E-state index contributed by atoms with van der Waals surface area (Å²) < 4.78 is 22.6. The molecule has 2 fully saturated rings. The van der Waals surface area contributed by atoms with E-state index < -0.39 is 86.8 Å². The smallest absolute Gasteiger partial charge is 0.220 e. The van der Waals surface area contributed by atoms with Crippen molar-refractivity contribution < 1.29 is 64.6 Å². The third-order valence-corrected chi connectivity index (χ3v) is 14.8. The summed E-state index contributed by atoms with van der Waals surface area (Å²) in [6, 6.07) is -0.933. The largest absolute Gasteiger partial charge is 0.394 e. The Morgan fingerprint density at radius 1 is 0.473 bits per heavy atom. The minimum atomic E-state index is -1.79. The third kappa shape index (κ3) is 31.6. The molecule has 14 heteroatoms. The van der Waals surface area contributed by atoms with Crippen LogP contribution in [0.4, 0.5) is 0 Å². The van der Waals surface area contributed by atoms with Crippen LogP contribution in [0.2, 0.25) is 0 Å². The molecule has 0 aliphatic carbocycles. The van der Waals surface area contributed by atoms with Crippen LogP contribution in [0.25, 0.3) is 0 Å². The van der Waals surface area contributed by atoms with Crippen LogP contribution in [0.1, 0.15) is 245 Å². The Morgan fingerprint density at radius 2 is 0.865 bits per heavy atom. The highest BCUT2D eigenvalue weighted by Crippen LogP contribution is 2.30. The second-order valence-electron chi connectivity index (χ2n) is 21.5. The highest BCUT2D eigenvalue weighted by molar-refractivity contribution is 5.76. The van der Waals surface area contributed by atoms with Crippen molar-refractivity contribution in [3.8, 4) is 0 Å². The second-order valence-corrected chi connectivity index (χ2v) is 21.5. The zero-order chi connectivity index (χ0) is 53.9. The maximum atomic E-state index is 13.1. The first-order chi connectivity index (χ1) is 36.1. The summed E-state index contributed by atoms with van der Waals surface area (Å²) in [5.41, 5.74) is 0. The fourth-order valence-electron chi connectivity index (χ4n) is 9.91. The Balaban J connectivity index is 1.63. The number of hydrogen-bond donors (Lipinski definition) is 9. The molecule has 0 aromatic carbocycles. The van der Waals surface area contributed by atoms with Gasteiger partial charge in [-0.25, -0.2) is 0 Å². The lowest BCUT2D eigenvalue weighted by Gasteiger charge is -2.46. The highest BCUT2D eigenvalue weighted by atomic mass is 16.7. The van der Waals surface area contributed by atoms with E-state index in [-0.39, 0.29) is 18.9 Å². The average molecular weight is 1050 g/mol. The first kappa shape index (κ1) is 68.3. The van der Waals surface area contributed by atoms with Crippen molar-refractivity contribution in [3.05, 3.63) is 36.5 Å². The van der Waals surface area contributed by atoms with Crippen LogP contribution in [-0.4, -0.2) is 140 Å². The molecular weight excluding hydrogens is 943 g/mol. The number of nitrogens with one attached hydrogen (secondary N) is 1. The summed E-state index contributed by atoms with van der Waals surface area (Å²) in [4.78, 5) is 13.1. The first-order valence-electron chi connectivity index (χ1n) is 30.2. The van der Waals surface area contributed by atoms with Gasteiger partial charge >= 0.3 is 0 Å². The summed E-state index contributed by atoms with van der Waals surface area (Å²) in [6.07, 6.45) is 39.8. The first-order valence-corrected chi connectivity index (χ1v) is 30.2. The molecule has 2 aliphatic rings. The molecule has 0 bridgehead atoms. The molecule has 12 unspecified atom stereocenters. The van der Waals surface area contributed by atoms with Gasteiger partial charge in [-0.05, 0) is 44.9 Å². The zero-order valence-electron chi connectivity index (χ0n) is 46.6. The van der Waals surface area contributed by atoms with Crippen molar-refractivity contribution in [3.63, 3.8) is 0 Å². The summed E-state index contributed by atoms with van der Waals surface area (Å²) in [5.74, 6) is -0.260. The lowest BCUT2D eigenvalue weighted by atomic mass is 9.97. The van der Waals surface area contributed by atoms with Gasteiger partial charge in [0.05, 0.1) is 32.0 Å². The van der Waals surface area contributed by atoms with Gasteiger partial charge in [-0.1, -0.05) is 230 Å². The SMILES string of the molecule is CCCCCCCCCCCCCCCCCCCCCCCCC/C=C/CC/C=C/CC/C=C/C(O)C(COC1OC(CO)C(OC2OC(CO)C(O)C(O)C2O)C(O)C1O)NC(=O)CCCCCCCCC. The zero-order valence-corrected chi connectivity index (χ0v) is 46.6. The van der Waals surface area contributed by atoms with Crippen LogP contribution >= 0.6 is 0 Å². The van der Waals surface area contributed by atoms with E-state index in [9.17, 15) is 45.6 Å². The predicted molar refractivity (Wildman–Crippen MR) is 295 cm³/mol. The van der Waals surface area contributed by atoms with E-state index in [1.165, 1.54) is 161 Å². The topological polar surface area (TPSA) is 228 Å². The Kier molecular flexibility index (Phi) is 42.6. The van der Waals surface area contributed by atoms with Gasteiger partial charge in [-0.2, -0.15) is 0 Å². The molecule has 14 nitrogen and oxygen atoms in total. The van der Waals surface area contributed by atoms with Crippen molar-refractivity contribution in [2.45, 2.75) is 319 Å². The van der Waals surface area contributed by atoms with Gasteiger partial charge in [-0.3, -0.25) is 4.79 Å². The van der Waals surface area contributed by atoms with E-state index in [0.717, 1.165) is 51.4 Å². The monoisotopic (exact) mass is 1050 g/mol. The summed E-state index contributed by atoms with van der Waals surface area (Å²) in [5, 5.41) is 86.6. The van der Waals surface area contributed by atoms with Crippen molar-refractivity contribution in [1.29, 1.82) is 0 Å². The number of carbonyl (C=O) groups is 1. The Bertz CT molecular complexity index is 1380. The Hall–Kier alpha value is -1.79. The minimum Gasteiger partial charge on any atom is -0.394 e. The van der Waals surface area contributed by atoms with Gasteiger partial charge in [0.2, 0.25) is 5.91 Å². The van der Waals surface area contributed by atoms with E-state index in [4.69, 9.17) is 18.9 Å². The average Bonchev–Trinajstić information content (AvgIpc) is 3.40. The number of aliphatic hydroxyl groups excluding tert-OH is 8. The molecule has 0 aromatic heterocycles. The Morgan fingerprint density at radius 3 is 1.32 bits per heavy atom. The van der Waals surface area contributed by atoms with Crippen LogP contribution < -0.4 is 5.32 Å². The number of carbonyl (C=O) groups excluding carboxylic acids is 1. The molecule has 2 heterocycles. The number of hydrogen-bond acceptors (Lipinski definition) is 13. The molecule has 0 saturated carbocycles. The molecule has 74 heavy (non-hydrogen) atoms. The standard InChI is InChI=1S/C60H111NO13/c1-3-5-7-9-11-12-13-14-15-16-17-18-19-20-21-22-23-24-25-26-27-28-29-30-31-32-33-34-35-36-38-39-41-43-49(64)48(61-52(65)44-42-40-37-10-8-6-4-2)47-71-59-57(70)55(68)58(51(46-63)73-59)74-60-56(69)54(67)53(66)50(45-62)72-60/h31-32,35-36,41,43,48-51,53-60,62-64,66-70H,3-30,33-34,37-40,42,44-47H2,1-2H3,(H,61,65)/b32-31+,36-35+,43-41+. The van der Waals surface area contributed by atoms with Crippen molar-refractivity contribution >= 4 is 5.91 Å². The number of amides is 1. The van der Waals surface area contributed by atoms with Crippen LogP contribution in [0.3, 0.4) is 0 Å². The fraction of sp³-hybridized carbons (Fsp3) is 0.883. The van der Waals surface area contributed by atoms with Crippen LogP contribution in [0, 0.1) is 0 Å². The van der Waals surface area contributed by atoms with E-state index in [1.54, 1.807) is 6.08 Å². The van der Waals surface area contributed by atoms with E-state index in [2.05, 4.69) is 43.5 Å². The molecule has 12 atom stereocenters. The second kappa shape index (κ2) is 46.2. The maximum Gasteiger partial charge on any atom is 0.220 e. The lowest BCUT2D eigenvalue weighted by molar-refractivity contribution is -0.359. The normalized spacial score (nSPS) is 25.4. The van der Waals surface area contributed by atoms with Crippen LogP contribution in [0.15, 0.2) is 36.5 Å². The number of allylic oxidation sites excluding steroid dienone is 5. The third-order valence-electron chi connectivity index (χ3n) is 14.8. The highest BCUT2D eigenvalue weighted by Gasteiger charge is 2.51. The molecule has 0 aromatic rings. The number of aliphatic hydroxyl groups is 8. The van der Waals surface area contributed by atoms with E-state index >= 15 is 0 Å². The van der Waals surface area contributed by atoms with Gasteiger partial charge in [0.15, 0.2) is 12.6 Å². The van der Waals surface area contributed by atoms with E-state index in [0.29, 0.717) is 12.8 Å². The molecule has 0 spiro atoms. The molecule has 2 aliphatic heterocycles. The van der Waals surface area contributed by atoms with Crippen molar-refractivity contribution in [2.24, 2.45) is 0 Å². The van der Waals surface area contributed by atoms with Gasteiger partial charge in [0.25, 0.3) is 0 Å². The molecule has 9 N–H and O–H groups in total. The van der Waals surface area contributed by atoms with Gasteiger partial charge in [-0.15, -0.1) is 0 Å². The Labute approximate surface area is 449 Å². The lowest BCUT2D eigenvalue weighted by Crippen LogP contribution is -2.65. The summed E-state index contributed by atoms with van der Waals surface area (Å²) in [6.45, 7) is 2.72. The van der Waals surface area contributed by atoms with Crippen molar-refractivity contribution in [2.75, 3.05) is 19.8 Å². The molecule has 434 valence electrons. The van der Waals surface area contributed by atoms with Crippen molar-refractivity contribution in [1.82, 2.24) is 5.32 Å². The van der Waals surface area contributed by atoms with Crippen LogP contribution in [-0.2, 0) is 23.7 Å². The molecule has 2 rings (SSSR count). The number of rotatable bonds is 48. The summed E-state index contributed by atoms with van der Waals surface area (Å²) in [7, 11) is 0. The maximum absolute atomic E-state index is 13.1. The summed E-state index contributed by atoms with van der Waals surface area (Å²) >= 11 is 0. The number of unbranched alkanes of at least 4 members (excludes halogenated alkanes) is 31. The minimum absolute atomic E-state index is 0.260. The molecule has 0 radical (unpaired) electrons. The quantitative estimate of drug-likeness (QED) is 0.0204. The van der Waals surface area contributed by atoms with Gasteiger partial charge < -0.3 is 65.1 Å². The van der Waals surface area contributed by atoms with Gasteiger partial charge in [0.1, 0.15) is 48.8 Å². The number of ether oxygens (including phenoxy) is 4.